The molecule has 9 nitrogen and oxygen atoms in total. The predicted molar refractivity (Wildman–Crippen MR) is 383 cm³/mol. The second-order valence-electron chi connectivity index (χ2n) is 27.3. The summed E-state index contributed by atoms with van der Waals surface area (Å²) in [5.41, 5.74) is 0. The van der Waals surface area contributed by atoms with E-state index in [0.717, 1.165) is 64.2 Å². The van der Waals surface area contributed by atoms with Gasteiger partial charge in [0.2, 0.25) is 0 Å². The first-order chi connectivity index (χ1) is 43.6. The molecule has 0 saturated carbocycles. The minimum absolute atomic E-state index is 0.177. The van der Waals surface area contributed by atoms with E-state index in [9.17, 15) is 19.5 Å². The van der Waals surface area contributed by atoms with Crippen LogP contribution in [0.1, 0.15) is 373 Å². The fraction of sp³-hybridized carbons (Fsp3) is 0.838. The number of unbranched alkanes of at least 4 members (excludes halogenated alkanes) is 47. The third kappa shape index (κ3) is 72.3. The van der Waals surface area contributed by atoms with Crippen LogP contribution in [0.3, 0.4) is 0 Å². The second kappa shape index (κ2) is 70.9. The molecule has 0 saturated heterocycles. The van der Waals surface area contributed by atoms with Gasteiger partial charge >= 0.3 is 17.9 Å². The summed E-state index contributed by atoms with van der Waals surface area (Å²) in [5, 5.41) is 9.76. The predicted octanol–water partition coefficient (Wildman–Crippen LogP) is 24.3. The first-order valence-corrected chi connectivity index (χ1v) is 38.5. The summed E-state index contributed by atoms with van der Waals surface area (Å²) in [6.07, 6.45) is 90.8. The number of carbonyl (C=O) groups is 3. The van der Waals surface area contributed by atoms with Gasteiger partial charge in [-0.2, -0.15) is 0 Å². The highest BCUT2D eigenvalue weighted by molar-refractivity contribution is 5.71. The number of rotatable bonds is 72. The average molecular weight is 1250 g/mol. The summed E-state index contributed by atoms with van der Waals surface area (Å²) in [6, 6.07) is 0. The van der Waals surface area contributed by atoms with Crippen molar-refractivity contribution in [3.63, 3.8) is 0 Å². The van der Waals surface area contributed by atoms with Crippen LogP contribution in [0.25, 0.3) is 0 Å². The van der Waals surface area contributed by atoms with E-state index in [0.29, 0.717) is 17.4 Å². The minimum Gasteiger partial charge on any atom is -0.477 e. The van der Waals surface area contributed by atoms with Crippen molar-refractivity contribution < 1.29 is 42.9 Å². The lowest BCUT2D eigenvalue weighted by Crippen LogP contribution is -2.40. The van der Waals surface area contributed by atoms with Gasteiger partial charge in [-0.15, -0.1) is 0 Å². The van der Waals surface area contributed by atoms with Crippen molar-refractivity contribution in [1.29, 1.82) is 0 Å². The maximum Gasteiger partial charge on any atom is 0.361 e. The van der Waals surface area contributed by atoms with Crippen LogP contribution >= 0.6 is 0 Å². The summed E-state index contributed by atoms with van der Waals surface area (Å²) >= 11 is 0. The molecule has 0 spiro atoms. The van der Waals surface area contributed by atoms with E-state index in [4.69, 9.17) is 18.9 Å². The van der Waals surface area contributed by atoms with Crippen LogP contribution in [0.5, 0.6) is 0 Å². The number of quaternary nitrogens is 1. The van der Waals surface area contributed by atoms with Crippen molar-refractivity contribution in [3.8, 4) is 0 Å². The smallest absolute Gasteiger partial charge is 0.361 e. The van der Waals surface area contributed by atoms with Crippen molar-refractivity contribution in [2.24, 2.45) is 0 Å². The number of nitrogens with zero attached hydrogens (tertiary/aromatic N) is 1. The Bertz CT molecular complexity index is 1650. The zero-order valence-corrected chi connectivity index (χ0v) is 59.6. The van der Waals surface area contributed by atoms with Gasteiger partial charge in [-0.1, -0.05) is 344 Å². The van der Waals surface area contributed by atoms with E-state index in [1.807, 2.05) is 21.1 Å². The lowest BCUT2D eigenvalue weighted by atomic mass is 10.0. The van der Waals surface area contributed by atoms with Gasteiger partial charge in [0.25, 0.3) is 6.29 Å². The SMILES string of the molecule is CC/C=C\C/C=C\C/C=C\C/C=C\CCCCCCCCCCCCCCCCCCCCCCCCCCC(=O)OC(COC(=O)CCCCCCCCCCCCCCCCC/C=C\CCCCCCCCCC)COC(OCC[N+](C)(C)C)C(=O)O. The van der Waals surface area contributed by atoms with Gasteiger partial charge in [-0.3, -0.25) is 9.59 Å². The third-order valence-corrected chi connectivity index (χ3v) is 17.3. The summed E-state index contributed by atoms with van der Waals surface area (Å²) in [6.45, 7) is 4.83. The Balaban J connectivity index is 3.99. The molecule has 0 aliphatic rings. The molecule has 0 fully saturated rings. The highest BCUT2D eigenvalue weighted by Crippen LogP contribution is 2.19. The van der Waals surface area contributed by atoms with Crippen molar-refractivity contribution >= 4 is 17.9 Å². The summed E-state index contributed by atoms with van der Waals surface area (Å²) < 4.78 is 23.0. The Morgan fingerprint density at radius 3 is 0.966 bits per heavy atom. The average Bonchev–Trinajstić information content (AvgIpc) is 3.70. The van der Waals surface area contributed by atoms with E-state index in [-0.39, 0.29) is 38.2 Å². The number of ether oxygens (including phenoxy) is 4. The first-order valence-electron chi connectivity index (χ1n) is 38.5. The fourth-order valence-corrected chi connectivity index (χ4v) is 11.4. The quantitative estimate of drug-likeness (QED) is 0.0211. The monoisotopic (exact) mass is 1250 g/mol. The van der Waals surface area contributed by atoms with Gasteiger partial charge in [0.05, 0.1) is 34.4 Å². The van der Waals surface area contributed by atoms with Crippen molar-refractivity contribution in [3.05, 3.63) is 60.8 Å². The number of carbonyl (C=O) groups excluding carboxylic acids is 2. The van der Waals surface area contributed by atoms with Crippen molar-refractivity contribution in [1.82, 2.24) is 0 Å². The van der Waals surface area contributed by atoms with E-state index >= 15 is 0 Å². The molecule has 0 rings (SSSR count). The third-order valence-electron chi connectivity index (χ3n) is 17.3. The van der Waals surface area contributed by atoms with E-state index in [1.54, 1.807) is 0 Å². The van der Waals surface area contributed by atoms with E-state index < -0.39 is 18.4 Å². The fourth-order valence-electron chi connectivity index (χ4n) is 11.4. The molecule has 2 atom stereocenters. The molecule has 9 heteroatoms. The highest BCUT2D eigenvalue weighted by atomic mass is 16.7. The van der Waals surface area contributed by atoms with Crippen LogP contribution in [0.2, 0.25) is 0 Å². The molecule has 0 bridgehead atoms. The van der Waals surface area contributed by atoms with Gasteiger partial charge in [-0.05, 0) is 77.0 Å². The first kappa shape index (κ1) is 86.0. The zero-order valence-electron chi connectivity index (χ0n) is 59.6. The van der Waals surface area contributed by atoms with Crippen molar-refractivity contribution in [2.45, 2.75) is 386 Å². The van der Waals surface area contributed by atoms with Gasteiger partial charge in [-0.25, -0.2) is 4.79 Å². The molecule has 0 aromatic heterocycles. The van der Waals surface area contributed by atoms with Crippen LogP contribution in [-0.4, -0.2) is 87.4 Å². The molecule has 2 unspecified atom stereocenters. The van der Waals surface area contributed by atoms with E-state index in [2.05, 4.69) is 74.6 Å². The lowest BCUT2D eigenvalue weighted by molar-refractivity contribution is -0.870. The molecule has 0 aliphatic heterocycles. The number of likely N-dealkylation sites (N-methyl/N-ethyl adjacent to an activating group) is 1. The summed E-state index contributed by atoms with van der Waals surface area (Å²) in [7, 11) is 5.99. The summed E-state index contributed by atoms with van der Waals surface area (Å²) in [5.74, 6) is -1.98. The van der Waals surface area contributed by atoms with Gasteiger partial charge in [0, 0.05) is 12.8 Å². The largest absolute Gasteiger partial charge is 0.477 e. The van der Waals surface area contributed by atoms with Gasteiger partial charge in [0.15, 0.2) is 6.10 Å². The van der Waals surface area contributed by atoms with Crippen LogP contribution in [0, 0.1) is 0 Å². The number of carboxylic acids is 1. The number of esters is 2. The molecular formula is C80H148NO8+. The molecule has 0 aliphatic carbocycles. The maximum atomic E-state index is 13.0. The molecule has 0 amide bonds. The number of hydrogen-bond acceptors (Lipinski definition) is 7. The molecule has 0 radical (unpaired) electrons. The Hall–Kier alpha value is -3.01. The second-order valence-corrected chi connectivity index (χ2v) is 27.3. The number of carboxylic acid groups (broad SMARTS) is 1. The normalized spacial score (nSPS) is 13.0. The highest BCUT2D eigenvalue weighted by Gasteiger charge is 2.25. The maximum absolute atomic E-state index is 13.0. The van der Waals surface area contributed by atoms with Crippen LogP contribution in [0.15, 0.2) is 60.8 Å². The van der Waals surface area contributed by atoms with Crippen LogP contribution in [0.4, 0.5) is 0 Å². The minimum atomic E-state index is -1.51. The zero-order chi connectivity index (χ0) is 64.7. The van der Waals surface area contributed by atoms with Crippen LogP contribution in [-0.2, 0) is 33.3 Å². The molecule has 1 N–H and O–H groups in total. The molecular weight excluding hydrogens is 1100 g/mol. The van der Waals surface area contributed by atoms with Gasteiger partial charge in [0.1, 0.15) is 13.2 Å². The summed E-state index contributed by atoms with van der Waals surface area (Å²) in [4.78, 5) is 37.7. The topological polar surface area (TPSA) is 108 Å². The molecule has 0 aromatic rings. The standard InChI is InChI=1S/C80H147NO8/c1-6-8-10-12-14-16-18-20-22-24-26-28-30-32-34-35-36-37-38-39-40-41-42-43-45-47-49-51-53-55-57-59-61-63-65-67-69-71-78(83)89-76(75-88-80(79(84)85)86-73-72-81(3,4)5)74-87-77(82)70-68-66-64-62-60-58-56-54-52-50-48-46-44-33-31-29-27-25-23-21-19-17-15-13-11-9-7-2/h8,10,14,16,20,22,25-28,76,80H,6-7,9,11-13,15,17-19,21,23-24,29-75H2,1-5H3/p+1/b10-8-,16-14-,22-20-,27-25-,28-26-. The molecule has 89 heavy (non-hydrogen) atoms. The Morgan fingerprint density at radius 2 is 0.640 bits per heavy atom. The molecule has 0 heterocycles. The number of allylic oxidation sites excluding steroid dienone is 10. The molecule has 0 aromatic carbocycles. The Kier molecular flexibility index (Phi) is 68.5. The number of aliphatic carboxylic acids is 1. The van der Waals surface area contributed by atoms with Gasteiger partial charge < -0.3 is 28.5 Å². The van der Waals surface area contributed by atoms with E-state index in [1.165, 1.54) is 283 Å². The molecule has 520 valence electrons. The number of hydrogen-bond donors (Lipinski definition) is 1. The lowest BCUT2D eigenvalue weighted by Gasteiger charge is -2.25. The van der Waals surface area contributed by atoms with Crippen molar-refractivity contribution in [2.75, 3.05) is 47.5 Å². The Morgan fingerprint density at radius 1 is 0.348 bits per heavy atom. The Labute approximate surface area is 552 Å². The van der Waals surface area contributed by atoms with Crippen LogP contribution < -0.4 is 0 Å².